The molecule has 0 N–H and O–H groups in total. The molecular weight excluding hydrogens is 446 g/mol. The fourth-order valence-electron chi connectivity index (χ4n) is 3.70. The molecule has 2 aromatic carbocycles. The van der Waals surface area contributed by atoms with Gasteiger partial charge in [-0.3, -0.25) is 15.0 Å². The standard InChI is InChI=1S/C20H22ClN3O6S/c1-14-17(24(26)27)8-5-9-18(14)31(28,29)23-12-10-22(11-13-23)19(20(25)30-2)15-6-3-4-7-16(15)21/h3-9,19H,10-13H2,1-2H3. The Labute approximate surface area is 185 Å². The maximum atomic E-state index is 13.1. The lowest BCUT2D eigenvalue weighted by Gasteiger charge is -2.37. The van der Waals surface area contributed by atoms with Crippen LogP contribution in [-0.4, -0.2) is 61.8 Å². The molecule has 0 aliphatic carbocycles. The Hall–Kier alpha value is -2.53. The van der Waals surface area contributed by atoms with E-state index >= 15 is 0 Å². The van der Waals surface area contributed by atoms with Gasteiger partial charge in [0.15, 0.2) is 0 Å². The van der Waals surface area contributed by atoms with Gasteiger partial charge >= 0.3 is 5.97 Å². The van der Waals surface area contributed by atoms with E-state index in [2.05, 4.69) is 0 Å². The molecule has 11 heteroatoms. The Bertz CT molecular complexity index is 1100. The SMILES string of the molecule is COC(=O)C(c1ccccc1Cl)N1CCN(S(=O)(=O)c2cccc([N+](=O)[O-])c2C)CC1. The number of rotatable bonds is 6. The fourth-order valence-corrected chi connectivity index (χ4v) is 5.61. The van der Waals surface area contributed by atoms with Crippen LogP contribution in [0.15, 0.2) is 47.4 Å². The second-order valence-corrected chi connectivity index (χ2v) is 9.36. The number of hydrogen-bond acceptors (Lipinski definition) is 7. The Morgan fingerprint density at radius 2 is 1.77 bits per heavy atom. The first-order chi connectivity index (χ1) is 14.7. The number of hydrogen-bond donors (Lipinski definition) is 0. The molecule has 2 aromatic rings. The highest BCUT2D eigenvalue weighted by molar-refractivity contribution is 7.89. The van der Waals surface area contributed by atoms with Crippen molar-refractivity contribution in [3.8, 4) is 0 Å². The minimum atomic E-state index is -3.94. The molecule has 0 spiro atoms. The van der Waals surface area contributed by atoms with Crippen LogP contribution in [0.25, 0.3) is 0 Å². The smallest absolute Gasteiger partial charge is 0.327 e. The van der Waals surface area contributed by atoms with Crippen LogP contribution < -0.4 is 0 Å². The van der Waals surface area contributed by atoms with Crippen LogP contribution in [0.1, 0.15) is 17.2 Å². The van der Waals surface area contributed by atoms with E-state index in [-0.39, 0.29) is 42.3 Å². The zero-order valence-electron chi connectivity index (χ0n) is 17.0. The number of carbonyl (C=O) groups is 1. The van der Waals surface area contributed by atoms with Gasteiger partial charge in [0, 0.05) is 42.8 Å². The first-order valence-corrected chi connectivity index (χ1v) is 11.3. The van der Waals surface area contributed by atoms with Gasteiger partial charge in [0.2, 0.25) is 10.0 Å². The van der Waals surface area contributed by atoms with Gasteiger partial charge in [0.25, 0.3) is 5.69 Å². The summed E-state index contributed by atoms with van der Waals surface area (Å²) in [7, 11) is -2.65. The fraction of sp³-hybridized carbons (Fsp3) is 0.350. The maximum absolute atomic E-state index is 13.1. The molecule has 1 atom stereocenters. The number of benzene rings is 2. The second kappa shape index (κ2) is 9.31. The highest BCUT2D eigenvalue weighted by Crippen LogP contribution is 2.31. The third-order valence-electron chi connectivity index (χ3n) is 5.33. The summed E-state index contributed by atoms with van der Waals surface area (Å²) in [5, 5.41) is 11.6. The third kappa shape index (κ3) is 4.57. The van der Waals surface area contributed by atoms with E-state index in [1.165, 1.54) is 36.5 Å². The van der Waals surface area contributed by atoms with E-state index in [1.54, 1.807) is 24.3 Å². The minimum Gasteiger partial charge on any atom is -0.468 e. The summed E-state index contributed by atoms with van der Waals surface area (Å²) in [6.07, 6.45) is 0. The number of piperazine rings is 1. The van der Waals surface area contributed by atoms with Crippen LogP contribution in [0.2, 0.25) is 5.02 Å². The van der Waals surface area contributed by atoms with E-state index in [0.29, 0.717) is 10.6 Å². The molecule has 1 aliphatic heterocycles. The minimum absolute atomic E-state index is 0.0919. The topological polar surface area (TPSA) is 110 Å². The number of esters is 1. The van der Waals surface area contributed by atoms with Crippen LogP contribution in [0.5, 0.6) is 0 Å². The molecule has 1 fully saturated rings. The summed E-state index contributed by atoms with van der Waals surface area (Å²) in [4.78, 5) is 24.8. The third-order valence-corrected chi connectivity index (χ3v) is 7.72. The van der Waals surface area contributed by atoms with Gasteiger partial charge in [0.1, 0.15) is 6.04 Å². The highest BCUT2D eigenvalue weighted by Gasteiger charge is 2.36. The number of halogens is 1. The summed E-state index contributed by atoms with van der Waals surface area (Å²) in [6, 6.07) is 10.2. The quantitative estimate of drug-likeness (QED) is 0.365. The van der Waals surface area contributed by atoms with Gasteiger partial charge in [-0.1, -0.05) is 35.9 Å². The number of carbonyl (C=O) groups excluding carboxylic acids is 1. The molecule has 0 saturated carbocycles. The summed E-state index contributed by atoms with van der Waals surface area (Å²) < 4.78 is 32.5. The Morgan fingerprint density at radius 1 is 1.13 bits per heavy atom. The van der Waals surface area contributed by atoms with Crippen LogP contribution in [0.4, 0.5) is 5.69 Å². The molecule has 1 unspecified atom stereocenters. The maximum Gasteiger partial charge on any atom is 0.327 e. The van der Waals surface area contributed by atoms with Crippen molar-refractivity contribution in [2.45, 2.75) is 17.9 Å². The molecule has 1 heterocycles. The van der Waals surface area contributed by atoms with Crippen LogP contribution >= 0.6 is 11.6 Å². The van der Waals surface area contributed by atoms with Crippen molar-refractivity contribution in [2.24, 2.45) is 0 Å². The van der Waals surface area contributed by atoms with Crippen molar-refractivity contribution < 1.29 is 22.9 Å². The Balaban J connectivity index is 1.84. The summed E-state index contributed by atoms with van der Waals surface area (Å²) >= 11 is 6.28. The summed E-state index contributed by atoms with van der Waals surface area (Å²) in [5.74, 6) is -0.487. The first-order valence-electron chi connectivity index (χ1n) is 9.49. The zero-order chi connectivity index (χ0) is 22.8. The number of methoxy groups -OCH3 is 1. The molecule has 0 aromatic heterocycles. The number of nitrogens with zero attached hydrogens (tertiary/aromatic N) is 3. The molecule has 1 aliphatic rings. The number of ether oxygens (including phenoxy) is 1. The van der Waals surface area contributed by atoms with Crippen molar-refractivity contribution >= 4 is 33.3 Å². The molecule has 31 heavy (non-hydrogen) atoms. The van der Waals surface area contributed by atoms with E-state index < -0.39 is 27.0 Å². The van der Waals surface area contributed by atoms with Gasteiger partial charge in [0.05, 0.1) is 16.9 Å². The molecule has 1 saturated heterocycles. The van der Waals surface area contributed by atoms with Crippen molar-refractivity contribution in [3.63, 3.8) is 0 Å². The van der Waals surface area contributed by atoms with Crippen LogP contribution in [0, 0.1) is 17.0 Å². The van der Waals surface area contributed by atoms with E-state index in [0.717, 1.165) is 0 Å². The normalized spacial score (nSPS) is 16.6. The lowest BCUT2D eigenvalue weighted by Crippen LogP contribution is -2.51. The molecule has 3 rings (SSSR count). The monoisotopic (exact) mass is 467 g/mol. The lowest BCUT2D eigenvalue weighted by molar-refractivity contribution is -0.385. The first kappa shape index (κ1) is 23.1. The van der Waals surface area contributed by atoms with E-state index in [9.17, 15) is 23.3 Å². The average Bonchev–Trinajstić information content (AvgIpc) is 2.75. The average molecular weight is 468 g/mol. The van der Waals surface area contributed by atoms with Crippen LogP contribution in [0.3, 0.4) is 0 Å². The molecule has 0 amide bonds. The molecule has 0 bridgehead atoms. The predicted octanol–water partition coefficient (Wildman–Crippen LogP) is 2.78. The Kier molecular flexibility index (Phi) is 6.95. The largest absolute Gasteiger partial charge is 0.468 e. The Morgan fingerprint density at radius 3 is 2.35 bits per heavy atom. The highest BCUT2D eigenvalue weighted by atomic mass is 35.5. The lowest BCUT2D eigenvalue weighted by atomic mass is 10.0. The van der Waals surface area contributed by atoms with Crippen molar-refractivity contribution in [1.29, 1.82) is 0 Å². The van der Waals surface area contributed by atoms with E-state index in [1.807, 2.05) is 4.90 Å². The van der Waals surface area contributed by atoms with Gasteiger partial charge in [-0.15, -0.1) is 0 Å². The number of nitro benzene ring substituents is 1. The van der Waals surface area contributed by atoms with Gasteiger partial charge in [-0.25, -0.2) is 13.2 Å². The number of sulfonamides is 1. The summed E-state index contributed by atoms with van der Waals surface area (Å²) in [6.45, 7) is 2.17. The van der Waals surface area contributed by atoms with Crippen molar-refractivity contribution in [2.75, 3.05) is 33.3 Å². The molecule has 0 radical (unpaired) electrons. The van der Waals surface area contributed by atoms with Crippen molar-refractivity contribution in [1.82, 2.24) is 9.21 Å². The molecular formula is C20H22ClN3O6S. The van der Waals surface area contributed by atoms with E-state index in [4.69, 9.17) is 16.3 Å². The van der Waals surface area contributed by atoms with Crippen LogP contribution in [-0.2, 0) is 19.6 Å². The van der Waals surface area contributed by atoms with Crippen molar-refractivity contribution in [3.05, 3.63) is 68.7 Å². The predicted molar refractivity (Wildman–Crippen MR) is 114 cm³/mol. The zero-order valence-corrected chi connectivity index (χ0v) is 18.6. The number of nitro groups is 1. The second-order valence-electron chi connectivity index (χ2n) is 7.04. The van der Waals surface area contributed by atoms with Gasteiger partial charge in [-0.2, -0.15) is 4.31 Å². The summed E-state index contributed by atoms with van der Waals surface area (Å²) in [5.41, 5.74) is 0.435. The molecule has 9 nitrogen and oxygen atoms in total. The molecule has 166 valence electrons. The van der Waals surface area contributed by atoms with Gasteiger partial charge in [-0.05, 0) is 24.6 Å². The van der Waals surface area contributed by atoms with Gasteiger partial charge < -0.3 is 4.74 Å².